The maximum absolute atomic E-state index is 13.7. The van der Waals surface area contributed by atoms with Gasteiger partial charge in [0, 0.05) is 24.3 Å². The maximum atomic E-state index is 13.7. The number of rotatable bonds is 3. The normalized spacial score (nSPS) is 17.7. The highest BCUT2D eigenvalue weighted by atomic mass is 35.5. The second-order valence-electron chi connectivity index (χ2n) is 5.57. The van der Waals surface area contributed by atoms with Crippen LogP contribution in [0.1, 0.15) is 22.5 Å². The Kier molecular flexibility index (Phi) is 4.39. The number of pyridine rings is 1. The van der Waals surface area contributed by atoms with Crippen molar-refractivity contribution in [1.82, 2.24) is 9.88 Å². The van der Waals surface area contributed by atoms with E-state index in [0.29, 0.717) is 19.0 Å². The van der Waals surface area contributed by atoms with Crippen molar-refractivity contribution in [2.75, 3.05) is 13.1 Å². The third kappa shape index (κ3) is 3.28. The van der Waals surface area contributed by atoms with Gasteiger partial charge in [0.05, 0.1) is 0 Å². The van der Waals surface area contributed by atoms with Crippen LogP contribution < -0.4 is 0 Å². The molecule has 1 aromatic carbocycles. The maximum Gasteiger partial charge on any atom is 0.275 e. The number of amides is 1. The molecule has 5 heteroatoms. The Labute approximate surface area is 133 Å². The zero-order chi connectivity index (χ0) is 15.5. The average molecular weight is 319 g/mol. The number of carbonyl (C=O) groups excluding carboxylic acids is 1. The summed E-state index contributed by atoms with van der Waals surface area (Å²) in [6.07, 6.45) is 3.26. The molecule has 2 aromatic rings. The van der Waals surface area contributed by atoms with Gasteiger partial charge in [-0.05, 0) is 48.6 Å². The van der Waals surface area contributed by atoms with E-state index in [1.54, 1.807) is 4.90 Å². The number of likely N-dealkylation sites (tertiary alicyclic amines) is 1. The fourth-order valence-corrected chi connectivity index (χ4v) is 2.96. The fraction of sp³-hybridized carbons (Fsp3) is 0.294. The Balaban J connectivity index is 1.63. The summed E-state index contributed by atoms with van der Waals surface area (Å²) >= 11 is 5.88. The monoisotopic (exact) mass is 318 g/mol. The zero-order valence-electron chi connectivity index (χ0n) is 12.0. The molecule has 1 aliphatic rings. The van der Waals surface area contributed by atoms with Crippen LogP contribution in [0.15, 0.2) is 42.6 Å². The number of hydrogen-bond donors (Lipinski definition) is 0. The minimum Gasteiger partial charge on any atom is -0.337 e. The van der Waals surface area contributed by atoms with Crippen molar-refractivity contribution >= 4 is 17.5 Å². The fourth-order valence-electron chi connectivity index (χ4n) is 2.83. The lowest BCUT2D eigenvalue weighted by Crippen LogP contribution is -2.30. The molecule has 1 aromatic heterocycles. The van der Waals surface area contributed by atoms with Gasteiger partial charge in [-0.15, -0.1) is 0 Å². The summed E-state index contributed by atoms with van der Waals surface area (Å²) in [6, 6.07) is 10.5. The van der Waals surface area contributed by atoms with E-state index >= 15 is 0 Å². The summed E-state index contributed by atoms with van der Waals surface area (Å²) in [4.78, 5) is 17.9. The van der Waals surface area contributed by atoms with Crippen LogP contribution in [0.2, 0.25) is 5.02 Å². The van der Waals surface area contributed by atoms with E-state index < -0.39 is 5.82 Å². The number of carbonyl (C=O) groups is 1. The molecule has 0 aliphatic carbocycles. The van der Waals surface area contributed by atoms with Gasteiger partial charge in [0.2, 0.25) is 0 Å². The van der Waals surface area contributed by atoms with Crippen molar-refractivity contribution in [3.63, 3.8) is 0 Å². The van der Waals surface area contributed by atoms with Crippen LogP contribution >= 0.6 is 11.6 Å². The largest absolute Gasteiger partial charge is 0.337 e. The summed E-state index contributed by atoms with van der Waals surface area (Å²) in [5.41, 5.74) is 1.11. The highest BCUT2D eigenvalue weighted by Crippen LogP contribution is 2.23. The lowest BCUT2D eigenvalue weighted by atomic mass is 9.99. The lowest BCUT2D eigenvalue weighted by Gasteiger charge is -2.16. The molecule has 1 aliphatic heterocycles. The molecule has 0 bridgehead atoms. The molecular weight excluding hydrogens is 303 g/mol. The molecule has 0 spiro atoms. The van der Waals surface area contributed by atoms with Gasteiger partial charge >= 0.3 is 0 Å². The number of halogens is 2. The Hall–Kier alpha value is -1.94. The second-order valence-corrected chi connectivity index (χ2v) is 6.01. The topological polar surface area (TPSA) is 33.2 Å². The van der Waals surface area contributed by atoms with Crippen LogP contribution in [-0.2, 0) is 6.42 Å². The molecule has 1 fully saturated rings. The first-order valence-electron chi connectivity index (χ1n) is 7.27. The van der Waals surface area contributed by atoms with E-state index in [1.807, 2.05) is 24.3 Å². The van der Waals surface area contributed by atoms with Gasteiger partial charge in [-0.3, -0.25) is 4.79 Å². The highest BCUT2D eigenvalue weighted by molar-refractivity contribution is 6.30. The minimum atomic E-state index is -0.561. The van der Waals surface area contributed by atoms with Crippen molar-refractivity contribution in [2.45, 2.75) is 12.8 Å². The number of benzene rings is 1. The SMILES string of the molecule is O=C(c1ncccc1F)N1CCC(Cc2ccc(Cl)cc2)C1. The number of hydrogen-bond acceptors (Lipinski definition) is 2. The van der Waals surface area contributed by atoms with E-state index in [4.69, 9.17) is 11.6 Å². The first-order valence-corrected chi connectivity index (χ1v) is 7.65. The van der Waals surface area contributed by atoms with E-state index in [2.05, 4.69) is 4.98 Å². The van der Waals surface area contributed by atoms with Crippen LogP contribution in [0.5, 0.6) is 0 Å². The zero-order valence-corrected chi connectivity index (χ0v) is 12.8. The molecule has 1 unspecified atom stereocenters. The Morgan fingerprint density at radius 1 is 1.32 bits per heavy atom. The molecular formula is C17H16ClFN2O. The van der Waals surface area contributed by atoms with Crippen molar-refractivity contribution in [3.8, 4) is 0 Å². The quantitative estimate of drug-likeness (QED) is 0.866. The van der Waals surface area contributed by atoms with E-state index in [9.17, 15) is 9.18 Å². The third-order valence-electron chi connectivity index (χ3n) is 3.97. The first kappa shape index (κ1) is 15.0. The Morgan fingerprint density at radius 3 is 2.82 bits per heavy atom. The molecule has 114 valence electrons. The van der Waals surface area contributed by atoms with Gasteiger partial charge < -0.3 is 4.90 Å². The van der Waals surface area contributed by atoms with Gasteiger partial charge in [-0.1, -0.05) is 23.7 Å². The van der Waals surface area contributed by atoms with E-state index in [-0.39, 0.29) is 11.6 Å². The average Bonchev–Trinajstić information content (AvgIpc) is 2.98. The van der Waals surface area contributed by atoms with Crippen LogP contribution in [-0.4, -0.2) is 28.9 Å². The molecule has 22 heavy (non-hydrogen) atoms. The molecule has 3 rings (SSSR count). The van der Waals surface area contributed by atoms with Crippen LogP contribution in [0.3, 0.4) is 0 Å². The molecule has 1 saturated heterocycles. The Bertz CT molecular complexity index is 675. The van der Waals surface area contributed by atoms with Gasteiger partial charge in [0.1, 0.15) is 0 Å². The lowest BCUT2D eigenvalue weighted by molar-refractivity contribution is 0.0776. The third-order valence-corrected chi connectivity index (χ3v) is 4.22. The number of nitrogens with zero attached hydrogens (tertiary/aromatic N) is 2. The Morgan fingerprint density at radius 2 is 2.09 bits per heavy atom. The molecule has 3 nitrogen and oxygen atoms in total. The van der Waals surface area contributed by atoms with Crippen molar-refractivity contribution < 1.29 is 9.18 Å². The molecule has 2 heterocycles. The van der Waals surface area contributed by atoms with Gasteiger partial charge in [0.15, 0.2) is 11.5 Å². The van der Waals surface area contributed by atoms with Crippen LogP contribution in [0.4, 0.5) is 4.39 Å². The molecule has 0 N–H and O–H groups in total. The van der Waals surface area contributed by atoms with Gasteiger partial charge in [0.25, 0.3) is 5.91 Å². The second kappa shape index (κ2) is 6.44. The molecule has 1 atom stereocenters. The van der Waals surface area contributed by atoms with E-state index in [0.717, 1.165) is 17.9 Å². The summed E-state index contributed by atoms with van der Waals surface area (Å²) < 4.78 is 13.7. The van der Waals surface area contributed by atoms with Crippen molar-refractivity contribution in [1.29, 1.82) is 0 Å². The number of aromatic nitrogens is 1. The first-order chi connectivity index (χ1) is 10.6. The van der Waals surface area contributed by atoms with Gasteiger partial charge in [-0.25, -0.2) is 9.37 Å². The standard InChI is InChI=1S/C17H16ClFN2O/c18-14-5-3-12(4-6-14)10-13-7-9-21(11-13)17(22)16-15(19)2-1-8-20-16/h1-6,8,13H,7,9-11H2. The predicted molar refractivity (Wildman–Crippen MR) is 83.4 cm³/mol. The minimum absolute atomic E-state index is 0.0883. The summed E-state index contributed by atoms with van der Waals surface area (Å²) in [6.45, 7) is 1.28. The summed E-state index contributed by atoms with van der Waals surface area (Å²) in [5.74, 6) is -0.498. The predicted octanol–water partition coefficient (Wildman–Crippen LogP) is 3.58. The van der Waals surface area contributed by atoms with Crippen molar-refractivity contribution in [2.24, 2.45) is 5.92 Å². The molecule has 0 radical (unpaired) electrons. The summed E-state index contributed by atoms with van der Waals surface area (Å²) in [5, 5.41) is 0.720. The molecule has 1 amide bonds. The van der Waals surface area contributed by atoms with Crippen LogP contribution in [0, 0.1) is 11.7 Å². The molecule has 0 saturated carbocycles. The summed E-state index contributed by atoms with van der Waals surface area (Å²) in [7, 11) is 0. The smallest absolute Gasteiger partial charge is 0.275 e. The van der Waals surface area contributed by atoms with E-state index in [1.165, 1.54) is 23.9 Å². The highest BCUT2D eigenvalue weighted by Gasteiger charge is 2.29. The van der Waals surface area contributed by atoms with Gasteiger partial charge in [-0.2, -0.15) is 0 Å². The van der Waals surface area contributed by atoms with Crippen molar-refractivity contribution in [3.05, 3.63) is 64.7 Å². The van der Waals surface area contributed by atoms with Crippen LogP contribution in [0.25, 0.3) is 0 Å².